The number of likely N-dealkylation sites (tertiary alicyclic amines) is 1. The van der Waals surface area contributed by atoms with Gasteiger partial charge in [0.15, 0.2) is 0 Å². The number of carbonyl (C=O) groups excluding carboxylic acids is 1. The molecule has 5 heteroatoms. The topological polar surface area (TPSA) is 55.3 Å². The van der Waals surface area contributed by atoms with Gasteiger partial charge in [0.2, 0.25) is 5.91 Å². The van der Waals surface area contributed by atoms with Gasteiger partial charge in [0.1, 0.15) is 6.10 Å². The molecule has 2 aliphatic rings. The summed E-state index contributed by atoms with van der Waals surface area (Å²) < 4.78 is 6.02. The molecule has 1 unspecified atom stereocenters. The highest BCUT2D eigenvalue weighted by molar-refractivity contribution is 5.79. The van der Waals surface area contributed by atoms with E-state index in [1.165, 1.54) is 12.8 Å². The van der Waals surface area contributed by atoms with Crippen LogP contribution in [-0.4, -0.2) is 40.0 Å². The minimum Gasteiger partial charge on any atom is -0.458 e. The van der Waals surface area contributed by atoms with Crippen LogP contribution in [0.15, 0.2) is 6.07 Å². The predicted octanol–water partition coefficient (Wildman–Crippen LogP) is 3.93. The molecule has 1 aromatic rings. The maximum atomic E-state index is 13.0. The first-order valence-electron chi connectivity index (χ1n) is 10.2. The number of aryl methyl sites for hydroxylation is 2. The van der Waals surface area contributed by atoms with E-state index < -0.39 is 0 Å². The quantitative estimate of drug-likeness (QED) is 0.817. The maximum absolute atomic E-state index is 13.0. The van der Waals surface area contributed by atoms with Gasteiger partial charge in [-0.25, -0.2) is 9.97 Å². The van der Waals surface area contributed by atoms with E-state index in [4.69, 9.17) is 4.74 Å². The van der Waals surface area contributed by atoms with E-state index in [9.17, 15) is 4.79 Å². The summed E-state index contributed by atoms with van der Waals surface area (Å²) in [6, 6.07) is 2.39. The Morgan fingerprint density at radius 1 is 1.12 bits per heavy atom. The molecule has 0 radical (unpaired) electrons. The van der Waals surface area contributed by atoms with Gasteiger partial charge in [-0.2, -0.15) is 0 Å². The fourth-order valence-electron chi connectivity index (χ4n) is 4.42. The molecule has 1 saturated carbocycles. The maximum Gasteiger partial charge on any atom is 0.317 e. The number of amides is 1. The zero-order valence-electron chi connectivity index (χ0n) is 16.7. The molecule has 1 aliphatic carbocycles. The van der Waals surface area contributed by atoms with E-state index in [1.807, 2.05) is 24.8 Å². The van der Waals surface area contributed by atoms with E-state index in [1.54, 1.807) is 0 Å². The molecule has 1 saturated heterocycles. The largest absolute Gasteiger partial charge is 0.458 e. The fraction of sp³-hybridized carbons (Fsp3) is 0.762. The van der Waals surface area contributed by atoms with Gasteiger partial charge in [0, 0.05) is 23.9 Å². The van der Waals surface area contributed by atoms with Gasteiger partial charge in [-0.1, -0.05) is 13.8 Å². The Balaban J connectivity index is 1.55. The van der Waals surface area contributed by atoms with Crippen molar-refractivity contribution in [2.75, 3.05) is 13.1 Å². The Morgan fingerprint density at radius 2 is 1.77 bits per heavy atom. The second kappa shape index (κ2) is 8.36. The summed E-state index contributed by atoms with van der Waals surface area (Å²) in [5.74, 6) is 2.07. The number of hydrogen-bond acceptors (Lipinski definition) is 4. The summed E-state index contributed by atoms with van der Waals surface area (Å²) in [5.41, 5.74) is 1.83. The number of piperidine rings is 1. The lowest BCUT2D eigenvalue weighted by Crippen LogP contribution is -2.47. The summed E-state index contributed by atoms with van der Waals surface area (Å²) in [5, 5.41) is 0. The van der Waals surface area contributed by atoms with Crippen LogP contribution in [0.3, 0.4) is 0 Å². The molecule has 0 aromatic carbocycles. The van der Waals surface area contributed by atoms with Crippen molar-refractivity contribution >= 4 is 5.91 Å². The molecular weight excluding hydrogens is 326 g/mol. The predicted molar refractivity (Wildman–Crippen MR) is 102 cm³/mol. The minimum atomic E-state index is 0.000836. The van der Waals surface area contributed by atoms with E-state index in [0.717, 1.165) is 55.5 Å². The van der Waals surface area contributed by atoms with Gasteiger partial charge in [0.25, 0.3) is 0 Å². The molecule has 1 aromatic heterocycles. The van der Waals surface area contributed by atoms with Crippen molar-refractivity contribution in [2.24, 2.45) is 17.8 Å². The number of nitrogens with zero attached hydrogens (tertiary/aromatic N) is 3. The first-order chi connectivity index (χ1) is 12.4. The van der Waals surface area contributed by atoms with E-state index in [0.29, 0.717) is 18.5 Å². The number of aromatic nitrogens is 2. The van der Waals surface area contributed by atoms with E-state index >= 15 is 0 Å². The van der Waals surface area contributed by atoms with Crippen LogP contribution in [0.5, 0.6) is 6.01 Å². The highest BCUT2D eigenvalue weighted by Gasteiger charge is 2.33. The molecule has 2 fully saturated rings. The summed E-state index contributed by atoms with van der Waals surface area (Å²) in [4.78, 5) is 23.8. The summed E-state index contributed by atoms with van der Waals surface area (Å²) in [7, 11) is 0. The van der Waals surface area contributed by atoms with Gasteiger partial charge in [-0.05, 0) is 70.3 Å². The van der Waals surface area contributed by atoms with Crippen molar-refractivity contribution in [1.29, 1.82) is 0 Å². The third-order valence-corrected chi connectivity index (χ3v) is 5.99. The highest BCUT2D eigenvalue weighted by atomic mass is 16.5. The minimum absolute atomic E-state index is 0.000836. The van der Waals surface area contributed by atoms with Crippen LogP contribution >= 0.6 is 0 Å². The van der Waals surface area contributed by atoms with Crippen molar-refractivity contribution in [1.82, 2.24) is 14.9 Å². The van der Waals surface area contributed by atoms with Gasteiger partial charge >= 0.3 is 6.01 Å². The van der Waals surface area contributed by atoms with Crippen molar-refractivity contribution in [3.05, 3.63) is 17.5 Å². The summed E-state index contributed by atoms with van der Waals surface area (Å²) >= 11 is 0. The second-order valence-corrected chi connectivity index (χ2v) is 8.46. The van der Waals surface area contributed by atoms with Crippen LogP contribution in [-0.2, 0) is 4.79 Å². The van der Waals surface area contributed by atoms with Gasteiger partial charge in [-0.3, -0.25) is 4.79 Å². The number of ether oxygens (including phenoxy) is 1. The van der Waals surface area contributed by atoms with Gasteiger partial charge in [0.05, 0.1) is 6.54 Å². The summed E-state index contributed by atoms with van der Waals surface area (Å²) in [6.07, 6.45) is 6.42. The molecule has 1 amide bonds. The smallest absolute Gasteiger partial charge is 0.317 e. The Hall–Kier alpha value is -1.65. The highest BCUT2D eigenvalue weighted by Crippen LogP contribution is 2.34. The lowest BCUT2D eigenvalue weighted by Gasteiger charge is -2.37. The molecule has 2 heterocycles. The zero-order valence-corrected chi connectivity index (χ0v) is 16.7. The van der Waals surface area contributed by atoms with Crippen molar-refractivity contribution in [3.63, 3.8) is 0 Å². The monoisotopic (exact) mass is 359 g/mol. The SMILES string of the molecule is Cc1cc(C)nc(OC2CCCN(C(=O)C3CCC(C(C)C)CC3)C2)n1. The average molecular weight is 360 g/mol. The first kappa shape index (κ1) is 19.1. The molecule has 0 N–H and O–H groups in total. The van der Waals surface area contributed by atoms with Crippen LogP contribution < -0.4 is 4.74 Å². The lowest BCUT2D eigenvalue weighted by atomic mass is 9.76. The van der Waals surface area contributed by atoms with Crippen LogP contribution in [0.25, 0.3) is 0 Å². The van der Waals surface area contributed by atoms with Crippen molar-refractivity contribution in [3.8, 4) is 6.01 Å². The molecule has 3 rings (SSSR count). The van der Waals surface area contributed by atoms with Crippen LogP contribution in [0.4, 0.5) is 0 Å². The summed E-state index contributed by atoms with van der Waals surface area (Å²) in [6.45, 7) is 10.0. The average Bonchev–Trinajstić information content (AvgIpc) is 2.60. The van der Waals surface area contributed by atoms with Crippen molar-refractivity contribution in [2.45, 2.75) is 72.3 Å². The molecular formula is C21H33N3O2. The first-order valence-corrected chi connectivity index (χ1v) is 10.2. The second-order valence-electron chi connectivity index (χ2n) is 8.46. The van der Waals surface area contributed by atoms with Crippen LogP contribution in [0.1, 0.15) is 63.8 Å². The normalized spacial score (nSPS) is 26.8. The third-order valence-electron chi connectivity index (χ3n) is 5.99. The Labute approximate surface area is 157 Å². The molecule has 5 nitrogen and oxygen atoms in total. The van der Waals surface area contributed by atoms with Gasteiger partial charge < -0.3 is 9.64 Å². The number of rotatable bonds is 4. The standard InChI is InChI=1S/C21H33N3O2/c1-14(2)17-7-9-18(10-8-17)20(25)24-11-5-6-19(13-24)26-21-22-15(3)12-16(4)23-21/h12,14,17-19H,5-11,13H2,1-4H3. The third kappa shape index (κ3) is 4.74. The van der Waals surface area contributed by atoms with Crippen LogP contribution in [0.2, 0.25) is 0 Å². The fourth-order valence-corrected chi connectivity index (χ4v) is 4.42. The van der Waals surface area contributed by atoms with E-state index in [-0.39, 0.29) is 12.0 Å². The molecule has 0 bridgehead atoms. The Kier molecular flexibility index (Phi) is 6.15. The number of carbonyl (C=O) groups is 1. The number of hydrogen-bond donors (Lipinski definition) is 0. The van der Waals surface area contributed by atoms with E-state index in [2.05, 4.69) is 23.8 Å². The Bertz CT molecular complexity index is 603. The van der Waals surface area contributed by atoms with Gasteiger partial charge in [-0.15, -0.1) is 0 Å². The molecule has 0 spiro atoms. The molecule has 1 atom stereocenters. The molecule has 1 aliphatic heterocycles. The Morgan fingerprint density at radius 3 is 2.38 bits per heavy atom. The molecule has 144 valence electrons. The molecule has 26 heavy (non-hydrogen) atoms. The zero-order chi connectivity index (χ0) is 18.7. The van der Waals surface area contributed by atoms with Crippen molar-refractivity contribution < 1.29 is 9.53 Å². The lowest BCUT2D eigenvalue weighted by molar-refractivity contribution is -0.139. The van der Waals surface area contributed by atoms with Crippen LogP contribution in [0, 0.1) is 31.6 Å².